The van der Waals surface area contributed by atoms with E-state index >= 15 is 0 Å². The molecule has 0 aliphatic rings. The SMILES string of the molecule is c1ccc(-n2c3ccc(-c4cc5ccccc5c5ccccc45)cc3c3cc(-c4cc5ccccc5c5ccccc45)ccc32)cc1. The summed E-state index contributed by atoms with van der Waals surface area (Å²) in [6, 6.07) is 64.6. The maximum atomic E-state index is 2.41. The highest BCUT2D eigenvalue weighted by Gasteiger charge is 2.17. The average molecular weight is 596 g/mol. The van der Waals surface area contributed by atoms with Crippen LogP contribution in [-0.2, 0) is 0 Å². The van der Waals surface area contributed by atoms with Gasteiger partial charge >= 0.3 is 0 Å². The monoisotopic (exact) mass is 595 g/mol. The quantitative estimate of drug-likeness (QED) is 0.179. The minimum atomic E-state index is 1.17. The number of rotatable bonds is 3. The first-order valence-corrected chi connectivity index (χ1v) is 16.3. The molecule has 0 fully saturated rings. The summed E-state index contributed by atoms with van der Waals surface area (Å²) in [5.74, 6) is 0. The molecule has 0 bridgehead atoms. The Labute approximate surface area is 272 Å². The Kier molecular flexibility index (Phi) is 5.64. The molecule has 10 aromatic rings. The van der Waals surface area contributed by atoms with Gasteiger partial charge in [0.25, 0.3) is 0 Å². The van der Waals surface area contributed by atoms with Crippen molar-refractivity contribution in [2.24, 2.45) is 0 Å². The van der Waals surface area contributed by atoms with E-state index in [1.807, 2.05) is 0 Å². The minimum Gasteiger partial charge on any atom is -0.309 e. The molecule has 1 heterocycles. The standard InChI is InChI=1S/C46H29N/c1-2-14-34(15-3-1)47-45-24-22-32(41-26-30-12-4-6-16-35(30)37-18-8-10-20-39(37)41)28-43(45)44-29-33(23-25-46(44)47)42-27-31-13-5-7-17-36(31)38-19-9-11-21-40(38)42/h1-29H. The molecule has 1 nitrogen and oxygen atoms in total. The molecule has 1 aromatic heterocycles. The van der Waals surface area contributed by atoms with Crippen molar-refractivity contribution in [2.75, 3.05) is 0 Å². The largest absolute Gasteiger partial charge is 0.309 e. The summed E-state index contributed by atoms with van der Waals surface area (Å²) in [5.41, 5.74) is 8.57. The predicted molar refractivity (Wildman–Crippen MR) is 202 cm³/mol. The van der Waals surface area contributed by atoms with Gasteiger partial charge < -0.3 is 4.57 Å². The first-order chi connectivity index (χ1) is 23.3. The Morgan fingerprint density at radius 3 is 1.17 bits per heavy atom. The summed E-state index contributed by atoms with van der Waals surface area (Å²) in [6.45, 7) is 0. The summed E-state index contributed by atoms with van der Waals surface area (Å²) < 4.78 is 2.41. The van der Waals surface area contributed by atoms with E-state index in [0.29, 0.717) is 0 Å². The van der Waals surface area contributed by atoms with Crippen molar-refractivity contribution in [3.63, 3.8) is 0 Å². The van der Waals surface area contributed by atoms with Crippen molar-refractivity contribution < 1.29 is 0 Å². The summed E-state index contributed by atoms with van der Waals surface area (Å²) in [5, 5.41) is 12.8. The molecule has 9 aromatic carbocycles. The molecule has 47 heavy (non-hydrogen) atoms. The minimum absolute atomic E-state index is 1.17. The molecule has 218 valence electrons. The van der Waals surface area contributed by atoms with Crippen LogP contribution in [0.4, 0.5) is 0 Å². The van der Waals surface area contributed by atoms with Crippen LogP contribution in [0.25, 0.3) is 92.8 Å². The van der Waals surface area contributed by atoms with Crippen LogP contribution < -0.4 is 0 Å². The maximum absolute atomic E-state index is 2.41. The zero-order chi connectivity index (χ0) is 30.9. The first kappa shape index (κ1) is 26.1. The lowest BCUT2D eigenvalue weighted by atomic mass is 9.92. The van der Waals surface area contributed by atoms with Crippen LogP contribution in [0.1, 0.15) is 0 Å². The van der Waals surface area contributed by atoms with E-state index in [9.17, 15) is 0 Å². The van der Waals surface area contributed by atoms with Gasteiger partial charge in [0, 0.05) is 16.5 Å². The Bertz CT molecular complexity index is 2660. The Balaban J connectivity index is 1.28. The van der Waals surface area contributed by atoms with Crippen LogP contribution >= 0.6 is 0 Å². The number of fused-ring (bicyclic) bond motifs is 9. The fraction of sp³-hybridized carbons (Fsp3) is 0. The molecular weight excluding hydrogens is 567 g/mol. The van der Waals surface area contributed by atoms with E-state index in [-0.39, 0.29) is 0 Å². The van der Waals surface area contributed by atoms with E-state index in [2.05, 4.69) is 180 Å². The Morgan fingerprint density at radius 2 is 0.681 bits per heavy atom. The van der Waals surface area contributed by atoms with E-state index in [0.717, 1.165) is 0 Å². The molecule has 0 unspecified atom stereocenters. The molecule has 0 atom stereocenters. The van der Waals surface area contributed by atoms with Gasteiger partial charge in [-0.1, -0.05) is 127 Å². The number of hydrogen-bond acceptors (Lipinski definition) is 0. The van der Waals surface area contributed by atoms with Crippen molar-refractivity contribution in [2.45, 2.75) is 0 Å². The second kappa shape index (κ2) is 10.2. The summed E-state index contributed by atoms with van der Waals surface area (Å²) in [7, 11) is 0. The van der Waals surface area contributed by atoms with Gasteiger partial charge in [-0.3, -0.25) is 0 Å². The van der Waals surface area contributed by atoms with Crippen molar-refractivity contribution in [3.8, 4) is 27.9 Å². The van der Waals surface area contributed by atoms with Crippen molar-refractivity contribution >= 4 is 64.9 Å². The second-order valence-electron chi connectivity index (χ2n) is 12.5. The lowest BCUT2D eigenvalue weighted by Crippen LogP contribution is -1.93. The molecule has 0 N–H and O–H groups in total. The normalized spacial score (nSPS) is 11.8. The van der Waals surface area contributed by atoms with Gasteiger partial charge in [0.1, 0.15) is 0 Å². The van der Waals surface area contributed by atoms with Gasteiger partial charge in [-0.25, -0.2) is 0 Å². The molecular formula is C46H29N. The predicted octanol–water partition coefficient (Wildman–Crippen LogP) is 12.7. The third-order valence-corrected chi connectivity index (χ3v) is 9.94. The first-order valence-electron chi connectivity index (χ1n) is 16.3. The number of nitrogens with zero attached hydrogens (tertiary/aromatic N) is 1. The Morgan fingerprint density at radius 1 is 0.277 bits per heavy atom. The number of para-hydroxylation sites is 1. The maximum Gasteiger partial charge on any atom is 0.0541 e. The van der Waals surface area contributed by atoms with E-state index in [4.69, 9.17) is 0 Å². The van der Waals surface area contributed by atoms with Gasteiger partial charge in [0.05, 0.1) is 11.0 Å². The average Bonchev–Trinajstić information content (AvgIpc) is 3.47. The third kappa shape index (κ3) is 3.97. The van der Waals surface area contributed by atoms with Crippen molar-refractivity contribution in [1.29, 1.82) is 0 Å². The van der Waals surface area contributed by atoms with Crippen LogP contribution in [0, 0.1) is 0 Å². The van der Waals surface area contributed by atoms with Crippen molar-refractivity contribution in [3.05, 3.63) is 176 Å². The molecule has 0 spiro atoms. The third-order valence-electron chi connectivity index (χ3n) is 9.94. The van der Waals surface area contributed by atoms with E-state index < -0.39 is 0 Å². The molecule has 0 saturated heterocycles. The molecule has 0 aliphatic heterocycles. The molecule has 0 radical (unpaired) electrons. The van der Waals surface area contributed by atoms with E-state index in [1.54, 1.807) is 0 Å². The summed E-state index contributed by atoms with van der Waals surface area (Å²) in [4.78, 5) is 0. The highest BCUT2D eigenvalue weighted by molar-refractivity contribution is 6.18. The smallest absolute Gasteiger partial charge is 0.0541 e. The van der Waals surface area contributed by atoms with Gasteiger partial charge in [-0.05, 0) is 114 Å². The molecule has 10 rings (SSSR count). The highest BCUT2D eigenvalue weighted by Crippen LogP contribution is 2.41. The molecule has 0 amide bonds. The van der Waals surface area contributed by atoms with Crippen LogP contribution in [0.5, 0.6) is 0 Å². The molecule has 0 aliphatic carbocycles. The highest BCUT2D eigenvalue weighted by atomic mass is 15.0. The fourth-order valence-electron chi connectivity index (χ4n) is 7.80. The number of aromatic nitrogens is 1. The number of benzene rings is 9. The summed E-state index contributed by atoms with van der Waals surface area (Å²) in [6.07, 6.45) is 0. The molecule has 0 saturated carbocycles. The van der Waals surface area contributed by atoms with Crippen LogP contribution in [-0.4, -0.2) is 4.57 Å². The van der Waals surface area contributed by atoms with Crippen LogP contribution in [0.3, 0.4) is 0 Å². The zero-order valence-electron chi connectivity index (χ0n) is 25.7. The zero-order valence-corrected chi connectivity index (χ0v) is 25.7. The summed E-state index contributed by atoms with van der Waals surface area (Å²) >= 11 is 0. The van der Waals surface area contributed by atoms with Crippen molar-refractivity contribution in [1.82, 2.24) is 4.57 Å². The topological polar surface area (TPSA) is 4.93 Å². The second-order valence-corrected chi connectivity index (χ2v) is 12.5. The lowest BCUT2D eigenvalue weighted by Gasteiger charge is -2.12. The molecule has 1 heteroatoms. The Hall–Kier alpha value is -6.18. The fourth-order valence-corrected chi connectivity index (χ4v) is 7.80. The van der Waals surface area contributed by atoms with Gasteiger partial charge in [0.15, 0.2) is 0 Å². The van der Waals surface area contributed by atoms with Gasteiger partial charge in [-0.2, -0.15) is 0 Å². The number of hydrogen-bond donors (Lipinski definition) is 0. The van der Waals surface area contributed by atoms with E-state index in [1.165, 1.54) is 92.8 Å². The van der Waals surface area contributed by atoms with Crippen LogP contribution in [0.2, 0.25) is 0 Å². The van der Waals surface area contributed by atoms with Gasteiger partial charge in [-0.15, -0.1) is 0 Å². The van der Waals surface area contributed by atoms with Gasteiger partial charge in [0.2, 0.25) is 0 Å². The van der Waals surface area contributed by atoms with Crippen LogP contribution in [0.15, 0.2) is 176 Å². The lowest BCUT2D eigenvalue weighted by molar-refractivity contribution is 1.18.